The van der Waals surface area contributed by atoms with E-state index in [-0.39, 0.29) is 5.91 Å². The first kappa shape index (κ1) is 12.9. The first-order valence-electron chi connectivity index (χ1n) is 6.48. The minimum atomic E-state index is 0.0136. The molecule has 3 rings (SSSR count). The molecular formula is C15H15N3OS. The summed E-state index contributed by atoms with van der Waals surface area (Å²) >= 11 is 1.63. The lowest BCUT2D eigenvalue weighted by atomic mass is 10.1. The molecule has 1 amide bonds. The van der Waals surface area contributed by atoms with Crippen molar-refractivity contribution in [2.24, 2.45) is 0 Å². The fraction of sp³-hybridized carbons (Fsp3) is 0.200. The number of carbonyl (C=O) groups is 1. The molecule has 0 saturated carbocycles. The number of carbonyl (C=O) groups excluding carboxylic acids is 1. The summed E-state index contributed by atoms with van der Waals surface area (Å²) in [5, 5.41) is 4.83. The van der Waals surface area contributed by atoms with Crippen LogP contribution in [0.1, 0.15) is 12.5 Å². The van der Waals surface area contributed by atoms with Crippen molar-refractivity contribution in [3.05, 3.63) is 47.6 Å². The standard InChI is InChI=1S/C15H15N3OS/c1-11(19)16-7-6-12-2-4-13(5-3-12)14-10-18-8-9-20-15(18)17-14/h2-5,8-10H,6-7H2,1H3,(H,16,19). The Morgan fingerprint density at radius 3 is 2.85 bits per heavy atom. The molecular weight excluding hydrogens is 270 g/mol. The summed E-state index contributed by atoms with van der Waals surface area (Å²) in [7, 11) is 0. The number of benzene rings is 1. The molecule has 2 heterocycles. The lowest BCUT2D eigenvalue weighted by Gasteiger charge is -2.03. The maximum Gasteiger partial charge on any atom is 0.216 e. The van der Waals surface area contributed by atoms with Crippen LogP contribution in [0.15, 0.2) is 42.0 Å². The van der Waals surface area contributed by atoms with Gasteiger partial charge >= 0.3 is 0 Å². The number of hydrogen-bond donors (Lipinski definition) is 1. The van der Waals surface area contributed by atoms with Crippen LogP contribution in [0.5, 0.6) is 0 Å². The SMILES string of the molecule is CC(=O)NCCc1ccc(-c2cn3ccsc3n2)cc1. The van der Waals surface area contributed by atoms with Crippen molar-refractivity contribution in [1.29, 1.82) is 0 Å². The molecule has 2 aromatic heterocycles. The molecule has 3 aromatic rings. The number of aromatic nitrogens is 2. The fourth-order valence-electron chi connectivity index (χ4n) is 2.09. The van der Waals surface area contributed by atoms with Gasteiger partial charge in [-0.3, -0.25) is 9.20 Å². The molecule has 4 nitrogen and oxygen atoms in total. The van der Waals surface area contributed by atoms with Gasteiger partial charge in [0.25, 0.3) is 0 Å². The van der Waals surface area contributed by atoms with Crippen molar-refractivity contribution in [2.45, 2.75) is 13.3 Å². The van der Waals surface area contributed by atoms with Crippen LogP contribution in [-0.2, 0) is 11.2 Å². The monoisotopic (exact) mass is 285 g/mol. The number of rotatable bonds is 4. The van der Waals surface area contributed by atoms with Crippen LogP contribution in [0.25, 0.3) is 16.2 Å². The minimum absolute atomic E-state index is 0.0136. The lowest BCUT2D eigenvalue weighted by molar-refractivity contribution is -0.118. The quantitative estimate of drug-likeness (QED) is 0.801. The smallest absolute Gasteiger partial charge is 0.216 e. The molecule has 20 heavy (non-hydrogen) atoms. The Morgan fingerprint density at radius 1 is 1.35 bits per heavy atom. The van der Waals surface area contributed by atoms with Gasteiger partial charge in [0.1, 0.15) is 0 Å². The Balaban J connectivity index is 1.72. The first-order chi connectivity index (χ1) is 9.72. The van der Waals surface area contributed by atoms with E-state index in [0.29, 0.717) is 6.54 Å². The summed E-state index contributed by atoms with van der Waals surface area (Å²) in [5.41, 5.74) is 3.32. The van der Waals surface area contributed by atoms with Gasteiger partial charge in [-0.15, -0.1) is 11.3 Å². The van der Waals surface area contributed by atoms with Gasteiger partial charge in [0.05, 0.1) is 5.69 Å². The maximum absolute atomic E-state index is 10.8. The minimum Gasteiger partial charge on any atom is -0.356 e. The molecule has 0 aliphatic carbocycles. The van der Waals surface area contributed by atoms with E-state index in [1.165, 1.54) is 12.5 Å². The Morgan fingerprint density at radius 2 is 2.15 bits per heavy atom. The van der Waals surface area contributed by atoms with E-state index >= 15 is 0 Å². The van der Waals surface area contributed by atoms with Crippen LogP contribution in [0.2, 0.25) is 0 Å². The third-order valence-corrected chi connectivity index (χ3v) is 3.90. The Hall–Kier alpha value is -2.14. The molecule has 1 N–H and O–H groups in total. The van der Waals surface area contributed by atoms with Crippen molar-refractivity contribution in [1.82, 2.24) is 14.7 Å². The van der Waals surface area contributed by atoms with Crippen molar-refractivity contribution in [3.8, 4) is 11.3 Å². The van der Waals surface area contributed by atoms with Crippen LogP contribution in [0.4, 0.5) is 0 Å². The highest BCUT2D eigenvalue weighted by atomic mass is 32.1. The van der Waals surface area contributed by atoms with Crippen molar-refractivity contribution < 1.29 is 4.79 Å². The van der Waals surface area contributed by atoms with Gasteiger partial charge < -0.3 is 5.32 Å². The second-order valence-corrected chi connectivity index (χ2v) is 5.52. The molecule has 102 valence electrons. The normalized spacial score (nSPS) is 10.8. The summed E-state index contributed by atoms with van der Waals surface area (Å²) in [6.07, 6.45) is 4.90. The van der Waals surface area contributed by atoms with Crippen molar-refractivity contribution in [2.75, 3.05) is 6.54 Å². The predicted octanol–water partition coefficient (Wildman–Crippen LogP) is 2.74. The van der Waals surface area contributed by atoms with Gasteiger partial charge in [-0.25, -0.2) is 4.98 Å². The molecule has 0 unspecified atom stereocenters. The van der Waals surface area contributed by atoms with Gasteiger partial charge in [0.15, 0.2) is 4.96 Å². The Labute approximate surface area is 121 Å². The summed E-state index contributed by atoms with van der Waals surface area (Å²) in [6.45, 7) is 2.21. The maximum atomic E-state index is 10.8. The second kappa shape index (κ2) is 5.46. The highest BCUT2D eigenvalue weighted by Gasteiger charge is 2.05. The average Bonchev–Trinajstić information content (AvgIpc) is 3.00. The molecule has 0 fully saturated rings. The van der Waals surface area contributed by atoms with E-state index in [1.54, 1.807) is 11.3 Å². The average molecular weight is 285 g/mol. The van der Waals surface area contributed by atoms with Gasteiger partial charge in [0.2, 0.25) is 5.91 Å². The van der Waals surface area contributed by atoms with Gasteiger partial charge in [0, 0.05) is 36.8 Å². The van der Waals surface area contributed by atoms with E-state index in [4.69, 9.17) is 0 Å². The number of amides is 1. The predicted molar refractivity (Wildman–Crippen MR) is 80.9 cm³/mol. The Kier molecular flexibility index (Phi) is 3.52. The zero-order valence-electron chi connectivity index (χ0n) is 11.2. The van der Waals surface area contributed by atoms with Crippen LogP contribution < -0.4 is 5.32 Å². The third-order valence-electron chi connectivity index (χ3n) is 3.13. The van der Waals surface area contributed by atoms with Gasteiger partial charge in [-0.05, 0) is 12.0 Å². The van der Waals surface area contributed by atoms with Crippen molar-refractivity contribution in [3.63, 3.8) is 0 Å². The zero-order valence-corrected chi connectivity index (χ0v) is 12.0. The molecule has 5 heteroatoms. The molecule has 0 aliphatic rings. The van der Waals surface area contributed by atoms with Crippen LogP contribution in [0, 0.1) is 0 Å². The molecule has 0 radical (unpaired) electrons. The van der Waals surface area contributed by atoms with E-state index in [1.807, 2.05) is 22.2 Å². The summed E-state index contributed by atoms with van der Waals surface area (Å²) in [6, 6.07) is 8.33. The first-order valence-corrected chi connectivity index (χ1v) is 7.36. The second-order valence-electron chi connectivity index (χ2n) is 4.65. The zero-order chi connectivity index (χ0) is 13.9. The molecule has 0 atom stereocenters. The largest absolute Gasteiger partial charge is 0.356 e. The van der Waals surface area contributed by atoms with E-state index < -0.39 is 0 Å². The number of imidazole rings is 1. The summed E-state index contributed by atoms with van der Waals surface area (Å²) in [5.74, 6) is 0.0136. The fourth-order valence-corrected chi connectivity index (χ4v) is 2.79. The third kappa shape index (κ3) is 2.72. The van der Waals surface area contributed by atoms with E-state index in [9.17, 15) is 4.79 Å². The number of nitrogens with zero attached hydrogens (tertiary/aromatic N) is 2. The molecule has 0 spiro atoms. The van der Waals surface area contributed by atoms with Gasteiger partial charge in [-0.2, -0.15) is 0 Å². The highest BCUT2D eigenvalue weighted by Crippen LogP contribution is 2.21. The topological polar surface area (TPSA) is 46.4 Å². The molecule has 0 bridgehead atoms. The van der Waals surface area contributed by atoms with Crippen LogP contribution >= 0.6 is 11.3 Å². The Bertz CT molecular complexity index is 699. The number of hydrogen-bond acceptors (Lipinski definition) is 3. The lowest BCUT2D eigenvalue weighted by Crippen LogP contribution is -2.22. The van der Waals surface area contributed by atoms with E-state index in [0.717, 1.165) is 22.6 Å². The highest BCUT2D eigenvalue weighted by molar-refractivity contribution is 7.15. The molecule has 0 aliphatic heterocycles. The van der Waals surface area contributed by atoms with Crippen molar-refractivity contribution >= 4 is 22.2 Å². The van der Waals surface area contributed by atoms with E-state index in [2.05, 4.69) is 34.6 Å². The number of thiazole rings is 1. The van der Waals surface area contributed by atoms with Crippen LogP contribution in [0.3, 0.4) is 0 Å². The summed E-state index contributed by atoms with van der Waals surface area (Å²) in [4.78, 5) is 16.4. The van der Waals surface area contributed by atoms with Crippen LogP contribution in [-0.4, -0.2) is 21.8 Å². The number of nitrogens with one attached hydrogen (secondary N) is 1. The molecule has 0 saturated heterocycles. The van der Waals surface area contributed by atoms with Gasteiger partial charge in [-0.1, -0.05) is 24.3 Å². The number of fused-ring (bicyclic) bond motifs is 1. The summed E-state index contributed by atoms with van der Waals surface area (Å²) < 4.78 is 2.03. The molecule has 1 aromatic carbocycles.